The molecule has 0 unspecified atom stereocenters. The van der Waals surface area contributed by atoms with Gasteiger partial charge < -0.3 is 9.80 Å². The Hall–Kier alpha value is -7.94. The summed E-state index contributed by atoms with van der Waals surface area (Å²) in [7, 11) is 0. The van der Waals surface area contributed by atoms with Crippen molar-refractivity contribution in [2.45, 2.75) is 38.5 Å². The van der Waals surface area contributed by atoms with E-state index in [1.165, 1.54) is 66.1 Å². The van der Waals surface area contributed by atoms with E-state index in [0.29, 0.717) is 0 Å². The van der Waals surface area contributed by atoms with Gasteiger partial charge >= 0.3 is 0 Å². The highest BCUT2D eigenvalue weighted by Gasteiger charge is 2.37. The van der Waals surface area contributed by atoms with E-state index in [2.05, 4.69) is 268 Å². The molecule has 10 aromatic carbocycles. The average molecular weight is 847 g/mol. The van der Waals surface area contributed by atoms with Crippen LogP contribution in [0.25, 0.3) is 56.0 Å². The molecule has 0 N–H and O–H groups in total. The maximum Gasteiger partial charge on any atom is 0.0546 e. The van der Waals surface area contributed by atoms with Gasteiger partial charge in [-0.3, -0.25) is 0 Å². The van der Waals surface area contributed by atoms with E-state index in [-0.39, 0.29) is 10.8 Å². The maximum absolute atomic E-state index is 2.45. The molecule has 12 rings (SSSR count). The summed E-state index contributed by atoms with van der Waals surface area (Å²) in [5.41, 5.74) is 19.8. The fraction of sp³-hybridized carbons (Fsp3) is 0.0938. The first kappa shape index (κ1) is 39.6. The Morgan fingerprint density at radius 2 is 0.712 bits per heavy atom. The first-order valence-electron chi connectivity index (χ1n) is 23.2. The molecule has 0 atom stereocenters. The minimum absolute atomic E-state index is 0.104. The van der Waals surface area contributed by atoms with Crippen LogP contribution >= 0.6 is 0 Å². The van der Waals surface area contributed by atoms with Crippen LogP contribution in [-0.4, -0.2) is 0 Å². The molecule has 0 spiro atoms. The van der Waals surface area contributed by atoms with Gasteiger partial charge in [-0.2, -0.15) is 0 Å². The van der Waals surface area contributed by atoms with Crippen molar-refractivity contribution in [1.82, 2.24) is 0 Å². The molecule has 10 aromatic rings. The third-order valence-electron chi connectivity index (χ3n) is 14.4. The summed E-state index contributed by atoms with van der Waals surface area (Å²) < 4.78 is 0. The zero-order chi connectivity index (χ0) is 44.6. The van der Waals surface area contributed by atoms with Crippen molar-refractivity contribution in [2.24, 2.45) is 0 Å². The van der Waals surface area contributed by atoms with Crippen molar-refractivity contribution < 1.29 is 0 Å². The zero-order valence-corrected chi connectivity index (χ0v) is 37.8. The van der Waals surface area contributed by atoms with Gasteiger partial charge in [0.1, 0.15) is 0 Å². The highest BCUT2D eigenvalue weighted by Crippen LogP contribution is 2.53. The SMILES string of the molecule is CC1(C)c2ccccc2-c2ccc(N(c3ccc(/C=C/c4ccc(N(c5ccccc5)c5cc6ccccc6c6ccccc56)cc4)cc3)c3ccc4c(c3)C(C)(C)c3ccccc3-4)cc21. The average Bonchev–Trinajstić information content (AvgIpc) is 3.73. The summed E-state index contributed by atoms with van der Waals surface area (Å²) in [5, 5.41) is 4.97. The molecule has 0 aromatic heterocycles. The van der Waals surface area contributed by atoms with Gasteiger partial charge in [-0.1, -0.05) is 192 Å². The molecule has 2 nitrogen and oxygen atoms in total. The van der Waals surface area contributed by atoms with Crippen LogP contribution in [-0.2, 0) is 10.8 Å². The van der Waals surface area contributed by atoms with E-state index in [0.717, 1.165) is 45.3 Å². The monoisotopic (exact) mass is 846 g/mol. The molecule has 66 heavy (non-hydrogen) atoms. The van der Waals surface area contributed by atoms with E-state index in [9.17, 15) is 0 Å². The standard InChI is InChI=1S/C64H50N2/c1-63(2)58-24-14-12-21-53(58)55-38-36-49(41-60(55)63)65(50-37-39-56-54-22-13-15-25-59(54)64(3,4)61(56)42-50)47-32-28-43(29-33-47)26-27-44-30-34-48(35-31-44)66(46-17-6-5-7-18-46)62-40-45-16-8-9-19-51(45)52-20-10-11-23-57(52)62/h5-42H,1-4H3/b27-26+. The first-order valence-corrected chi connectivity index (χ1v) is 23.2. The van der Waals surface area contributed by atoms with Crippen molar-refractivity contribution in [3.63, 3.8) is 0 Å². The summed E-state index contributed by atoms with van der Waals surface area (Å²) in [5.74, 6) is 0. The molecule has 0 fully saturated rings. The first-order chi connectivity index (χ1) is 32.2. The molecule has 0 bridgehead atoms. The van der Waals surface area contributed by atoms with Gasteiger partial charge in [-0.25, -0.2) is 0 Å². The fourth-order valence-electron chi connectivity index (χ4n) is 11.0. The molecule has 316 valence electrons. The normalized spacial score (nSPS) is 13.9. The Bertz CT molecular complexity index is 3410. The quantitative estimate of drug-likeness (QED) is 0.111. The van der Waals surface area contributed by atoms with Crippen molar-refractivity contribution in [3.8, 4) is 22.3 Å². The smallest absolute Gasteiger partial charge is 0.0546 e. The van der Waals surface area contributed by atoms with Gasteiger partial charge in [-0.05, 0) is 139 Å². The lowest BCUT2D eigenvalue weighted by Gasteiger charge is -2.29. The molecule has 2 aliphatic carbocycles. The lowest BCUT2D eigenvalue weighted by molar-refractivity contribution is 0.660. The number of hydrogen-bond donors (Lipinski definition) is 0. The summed E-state index contributed by atoms with van der Waals surface area (Å²) >= 11 is 0. The van der Waals surface area contributed by atoms with Crippen LogP contribution < -0.4 is 9.80 Å². The summed E-state index contributed by atoms with van der Waals surface area (Å²) in [6, 6.07) is 80.4. The summed E-state index contributed by atoms with van der Waals surface area (Å²) in [6.07, 6.45) is 4.44. The van der Waals surface area contributed by atoms with Gasteiger partial charge in [0, 0.05) is 44.7 Å². The number of nitrogens with zero attached hydrogens (tertiary/aromatic N) is 2. The fourth-order valence-corrected chi connectivity index (χ4v) is 11.0. The van der Waals surface area contributed by atoms with Crippen LogP contribution in [0.5, 0.6) is 0 Å². The summed E-state index contributed by atoms with van der Waals surface area (Å²) in [4.78, 5) is 4.83. The molecular weight excluding hydrogens is 797 g/mol. The van der Waals surface area contributed by atoms with Gasteiger partial charge in [0.15, 0.2) is 0 Å². The van der Waals surface area contributed by atoms with Crippen LogP contribution in [0.1, 0.15) is 61.1 Å². The lowest BCUT2D eigenvalue weighted by Crippen LogP contribution is -2.18. The molecule has 0 aliphatic heterocycles. The molecule has 0 radical (unpaired) electrons. The topological polar surface area (TPSA) is 6.48 Å². The minimum atomic E-state index is -0.104. The number of anilines is 6. The molecule has 0 heterocycles. The predicted molar refractivity (Wildman–Crippen MR) is 281 cm³/mol. The van der Waals surface area contributed by atoms with Crippen LogP contribution in [0.2, 0.25) is 0 Å². The van der Waals surface area contributed by atoms with E-state index in [4.69, 9.17) is 0 Å². The number of rotatable bonds is 8. The van der Waals surface area contributed by atoms with Gasteiger partial charge in [0.25, 0.3) is 0 Å². The van der Waals surface area contributed by atoms with Crippen LogP contribution in [0, 0.1) is 0 Å². The highest BCUT2D eigenvalue weighted by molar-refractivity contribution is 6.14. The highest BCUT2D eigenvalue weighted by atomic mass is 15.1. The van der Waals surface area contributed by atoms with Gasteiger partial charge in [-0.15, -0.1) is 0 Å². The summed E-state index contributed by atoms with van der Waals surface area (Å²) in [6.45, 7) is 9.45. The van der Waals surface area contributed by atoms with Gasteiger partial charge in [0.05, 0.1) is 5.69 Å². The number of hydrogen-bond acceptors (Lipinski definition) is 2. The molecule has 0 saturated carbocycles. The molecular formula is C64H50N2. The van der Waals surface area contributed by atoms with Crippen molar-refractivity contribution in [2.75, 3.05) is 9.80 Å². The minimum Gasteiger partial charge on any atom is -0.310 e. The number of fused-ring (bicyclic) bond motifs is 9. The third-order valence-corrected chi connectivity index (χ3v) is 14.4. The second kappa shape index (κ2) is 15.4. The third kappa shape index (κ3) is 6.39. The Labute approximate surface area is 388 Å². The van der Waals surface area contributed by atoms with Crippen LogP contribution in [0.3, 0.4) is 0 Å². The molecule has 2 aliphatic rings. The number of para-hydroxylation sites is 1. The Morgan fingerprint density at radius 3 is 1.27 bits per heavy atom. The van der Waals surface area contributed by atoms with Gasteiger partial charge in [0.2, 0.25) is 0 Å². The second-order valence-electron chi connectivity index (χ2n) is 19.0. The Kier molecular flexibility index (Phi) is 9.22. The van der Waals surface area contributed by atoms with Crippen molar-refractivity contribution >= 4 is 67.8 Å². The molecule has 0 amide bonds. The van der Waals surface area contributed by atoms with E-state index < -0.39 is 0 Å². The molecule has 2 heteroatoms. The Morgan fingerprint density at radius 1 is 0.303 bits per heavy atom. The zero-order valence-electron chi connectivity index (χ0n) is 37.8. The largest absolute Gasteiger partial charge is 0.310 e. The van der Waals surface area contributed by atoms with E-state index in [1.54, 1.807) is 0 Å². The lowest BCUT2D eigenvalue weighted by atomic mass is 9.82. The Balaban J connectivity index is 0.885. The predicted octanol–water partition coefficient (Wildman–Crippen LogP) is 17.7. The van der Waals surface area contributed by atoms with E-state index in [1.807, 2.05) is 0 Å². The maximum atomic E-state index is 2.45. The van der Waals surface area contributed by atoms with Crippen LogP contribution in [0.15, 0.2) is 218 Å². The molecule has 0 saturated heterocycles. The van der Waals surface area contributed by atoms with Crippen molar-refractivity contribution in [3.05, 3.63) is 252 Å². The second-order valence-corrected chi connectivity index (χ2v) is 19.0. The number of benzene rings is 10. The van der Waals surface area contributed by atoms with E-state index >= 15 is 0 Å². The van der Waals surface area contributed by atoms with Crippen LogP contribution in [0.4, 0.5) is 34.1 Å². The van der Waals surface area contributed by atoms with Crippen molar-refractivity contribution in [1.29, 1.82) is 0 Å².